The van der Waals surface area contributed by atoms with Crippen molar-refractivity contribution in [3.05, 3.63) is 72.8 Å². The van der Waals surface area contributed by atoms with Crippen molar-refractivity contribution in [2.75, 3.05) is 0 Å². The smallest absolute Gasteiger partial charge is 0.120 e. The van der Waals surface area contributed by atoms with Gasteiger partial charge >= 0.3 is 0 Å². The molecule has 0 atom stereocenters. The van der Waals surface area contributed by atoms with Crippen molar-refractivity contribution < 1.29 is 4.74 Å². The van der Waals surface area contributed by atoms with Gasteiger partial charge in [-0.25, -0.2) is 4.98 Å². The molecule has 0 radical (unpaired) electrons. The summed E-state index contributed by atoms with van der Waals surface area (Å²) in [6.45, 7) is 0. The Labute approximate surface area is 159 Å². The van der Waals surface area contributed by atoms with Crippen LogP contribution >= 0.6 is 0 Å². The molecule has 0 bridgehead atoms. The van der Waals surface area contributed by atoms with E-state index in [2.05, 4.69) is 72.8 Å². The zero-order chi connectivity index (χ0) is 18.1. The van der Waals surface area contributed by atoms with Gasteiger partial charge in [0.1, 0.15) is 5.75 Å². The van der Waals surface area contributed by atoms with Gasteiger partial charge in [-0.05, 0) is 55.5 Å². The van der Waals surface area contributed by atoms with Crippen molar-refractivity contribution in [1.82, 2.24) is 4.98 Å². The third-order valence-electron chi connectivity index (χ3n) is 5.57. The van der Waals surface area contributed by atoms with Crippen LogP contribution in [0, 0.1) is 0 Å². The van der Waals surface area contributed by atoms with Gasteiger partial charge in [-0.15, -0.1) is 0 Å². The highest BCUT2D eigenvalue weighted by molar-refractivity contribution is 6.09. The van der Waals surface area contributed by atoms with E-state index in [-0.39, 0.29) is 0 Å². The second-order valence-electron chi connectivity index (χ2n) is 7.43. The zero-order valence-electron chi connectivity index (χ0n) is 15.4. The van der Waals surface area contributed by atoms with Crippen LogP contribution in [0.2, 0.25) is 0 Å². The fourth-order valence-electron chi connectivity index (χ4n) is 4.23. The molecule has 134 valence electrons. The van der Waals surface area contributed by atoms with Crippen molar-refractivity contribution in [3.63, 3.8) is 0 Å². The number of aromatic nitrogens is 1. The SMILES string of the molecule is c1ccc(-c2c3ccccc3nc3ccc(OC4CCCCC4)cc23)cc1. The highest BCUT2D eigenvalue weighted by atomic mass is 16.5. The molecule has 2 heteroatoms. The second-order valence-corrected chi connectivity index (χ2v) is 7.43. The van der Waals surface area contributed by atoms with Crippen LogP contribution in [0.3, 0.4) is 0 Å². The minimum atomic E-state index is 0.352. The minimum absolute atomic E-state index is 0.352. The maximum absolute atomic E-state index is 6.34. The van der Waals surface area contributed by atoms with Crippen LogP contribution < -0.4 is 4.74 Å². The van der Waals surface area contributed by atoms with Crippen molar-refractivity contribution in [3.8, 4) is 16.9 Å². The molecule has 1 saturated carbocycles. The molecule has 1 heterocycles. The van der Waals surface area contributed by atoms with E-state index in [1.54, 1.807) is 0 Å². The predicted octanol–water partition coefficient (Wildman–Crippen LogP) is 6.77. The highest BCUT2D eigenvalue weighted by Gasteiger charge is 2.16. The average molecular weight is 353 g/mol. The van der Waals surface area contributed by atoms with Gasteiger partial charge in [-0.2, -0.15) is 0 Å². The number of nitrogens with zero attached hydrogens (tertiary/aromatic N) is 1. The Morgan fingerprint density at radius 1 is 0.704 bits per heavy atom. The summed E-state index contributed by atoms with van der Waals surface area (Å²) in [5.74, 6) is 0.962. The van der Waals surface area contributed by atoms with E-state index in [0.29, 0.717) is 6.10 Å². The van der Waals surface area contributed by atoms with Crippen LogP contribution in [0.5, 0.6) is 5.75 Å². The van der Waals surface area contributed by atoms with E-state index in [1.165, 1.54) is 48.6 Å². The van der Waals surface area contributed by atoms with Gasteiger partial charge in [-0.1, -0.05) is 55.0 Å². The van der Waals surface area contributed by atoms with Gasteiger partial charge in [0.15, 0.2) is 0 Å². The lowest BCUT2D eigenvalue weighted by Crippen LogP contribution is -2.19. The Hall–Kier alpha value is -2.87. The van der Waals surface area contributed by atoms with E-state index < -0.39 is 0 Å². The Kier molecular flexibility index (Phi) is 4.25. The molecule has 2 nitrogen and oxygen atoms in total. The summed E-state index contributed by atoms with van der Waals surface area (Å²) in [4.78, 5) is 4.90. The number of hydrogen-bond acceptors (Lipinski definition) is 2. The molecular weight excluding hydrogens is 330 g/mol. The molecule has 1 fully saturated rings. The molecule has 1 aliphatic rings. The largest absolute Gasteiger partial charge is 0.490 e. The van der Waals surface area contributed by atoms with Crippen LogP contribution in [-0.2, 0) is 0 Å². The molecule has 4 aromatic rings. The van der Waals surface area contributed by atoms with Crippen LogP contribution in [0.4, 0.5) is 0 Å². The van der Waals surface area contributed by atoms with Crippen LogP contribution in [-0.4, -0.2) is 11.1 Å². The molecule has 5 rings (SSSR count). The van der Waals surface area contributed by atoms with Gasteiger partial charge in [0.05, 0.1) is 17.1 Å². The standard InChI is InChI=1S/C25H23NO/c1-3-9-18(10-4-1)25-21-13-7-8-14-23(21)26-24-16-15-20(17-22(24)25)27-19-11-5-2-6-12-19/h1,3-4,7-10,13-17,19H,2,5-6,11-12H2. The number of benzene rings is 3. The molecule has 3 aromatic carbocycles. The summed E-state index contributed by atoms with van der Waals surface area (Å²) >= 11 is 0. The predicted molar refractivity (Wildman–Crippen MR) is 112 cm³/mol. The lowest BCUT2D eigenvalue weighted by molar-refractivity contribution is 0.155. The summed E-state index contributed by atoms with van der Waals surface area (Å²) in [5.41, 5.74) is 4.51. The quantitative estimate of drug-likeness (QED) is 0.379. The minimum Gasteiger partial charge on any atom is -0.490 e. The normalized spacial score (nSPS) is 15.3. The van der Waals surface area contributed by atoms with E-state index in [9.17, 15) is 0 Å². The van der Waals surface area contributed by atoms with Crippen molar-refractivity contribution in [2.24, 2.45) is 0 Å². The summed E-state index contributed by atoms with van der Waals surface area (Å²) in [6, 6.07) is 25.4. The van der Waals surface area contributed by atoms with Gasteiger partial charge in [0.25, 0.3) is 0 Å². The molecule has 1 aliphatic carbocycles. The first-order chi connectivity index (χ1) is 13.4. The second kappa shape index (κ2) is 7.03. The topological polar surface area (TPSA) is 22.1 Å². The molecule has 0 aliphatic heterocycles. The summed E-state index contributed by atoms with van der Waals surface area (Å²) in [7, 11) is 0. The number of rotatable bonds is 3. The molecule has 0 unspecified atom stereocenters. The van der Waals surface area contributed by atoms with E-state index >= 15 is 0 Å². The molecule has 0 saturated heterocycles. The molecular formula is C25H23NO. The Bertz CT molecular complexity index is 1080. The molecule has 0 spiro atoms. The van der Waals surface area contributed by atoms with Gasteiger partial charge in [-0.3, -0.25) is 0 Å². The van der Waals surface area contributed by atoms with Gasteiger partial charge in [0.2, 0.25) is 0 Å². The van der Waals surface area contributed by atoms with E-state index in [4.69, 9.17) is 9.72 Å². The number of hydrogen-bond donors (Lipinski definition) is 0. The number of pyridine rings is 1. The first kappa shape index (κ1) is 16.3. The summed E-state index contributed by atoms with van der Waals surface area (Å²) in [5, 5.41) is 2.35. The first-order valence-corrected chi connectivity index (χ1v) is 9.93. The fourth-order valence-corrected chi connectivity index (χ4v) is 4.23. The van der Waals surface area contributed by atoms with Crippen LogP contribution in [0.1, 0.15) is 32.1 Å². The van der Waals surface area contributed by atoms with Crippen molar-refractivity contribution in [2.45, 2.75) is 38.2 Å². The summed E-state index contributed by atoms with van der Waals surface area (Å²) in [6.07, 6.45) is 6.58. The maximum atomic E-state index is 6.34. The molecule has 27 heavy (non-hydrogen) atoms. The van der Waals surface area contributed by atoms with E-state index in [0.717, 1.165) is 22.2 Å². The lowest BCUT2D eigenvalue weighted by atomic mass is 9.96. The Morgan fingerprint density at radius 3 is 2.30 bits per heavy atom. The Balaban J connectivity index is 1.69. The highest BCUT2D eigenvalue weighted by Crippen LogP contribution is 2.36. The Morgan fingerprint density at radius 2 is 1.44 bits per heavy atom. The molecule has 0 amide bonds. The maximum Gasteiger partial charge on any atom is 0.120 e. The molecule has 1 aromatic heterocycles. The summed E-state index contributed by atoms with van der Waals surface area (Å²) < 4.78 is 6.34. The molecule has 0 N–H and O–H groups in total. The van der Waals surface area contributed by atoms with Crippen LogP contribution in [0.15, 0.2) is 72.8 Å². The van der Waals surface area contributed by atoms with Gasteiger partial charge in [0, 0.05) is 16.3 Å². The fraction of sp³-hybridized carbons (Fsp3) is 0.240. The first-order valence-electron chi connectivity index (χ1n) is 9.93. The van der Waals surface area contributed by atoms with E-state index in [1.807, 2.05) is 0 Å². The third-order valence-corrected chi connectivity index (χ3v) is 5.57. The van der Waals surface area contributed by atoms with Crippen molar-refractivity contribution >= 4 is 21.8 Å². The third kappa shape index (κ3) is 3.16. The monoisotopic (exact) mass is 353 g/mol. The van der Waals surface area contributed by atoms with Crippen molar-refractivity contribution in [1.29, 1.82) is 0 Å². The zero-order valence-corrected chi connectivity index (χ0v) is 15.4. The van der Waals surface area contributed by atoms with Crippen LogP contribution in [0.25, 0.3) is 32.9 Å². The van der Waals surface area contributed by atoms with Gasteiger partial charge < -0.3 is 4.74 Å². The lowest BCUT2D eigenvalue weighted by Gasteiger charge is -2.23. The number of para-hydroxylation sites is 1. The number of ether oxygens (including phenoxy) is 1. The number of fused-ring (bicyclic) bond motifs is 2. The average Bonchev–Trinajstić information content (AvgIpc) is 2.73.